The van der Waals surface area contributed by atoms with E-state index in [1.54, 1.807) is 11.0 Å². The summed E-state index contributed by atoms with van der Waals surface area (Å²) in [5.74, 6) is -2.13. The molecule has 2 rings (SSSR count). The Labute approximate surface area is 97.9 Å². The van der Waals surface area contributed by atoms with Gasteiger partial charge in [0.1, 0.15) is 6.07 Å². The molecule has 0 unspecified atom stereocenters. The Morgan fingerprint density at radius 1 is 1.35 bits per heavy atom. The van der Waals surface area contributed by atoms with E-state index < -0.39 is 11.6 Å². The van der Waals surface area contributed by atoms with E-state index in [4.69, 9.17) is 10.4 Å². The van der Waals surface area contributed by atoms with Crippen LogP contribution in [0.25, 0.3) is 0 Å². The first kappa shape index (κ1) is 11.8. The average molecular weight is 238 g/mol. The molecule has 0 aromatic heterocycles. The van der Waals surface area contributed by atoms with Crippen molar-refractivity contribution in [3.05, 3.63) is 29.3 Å². The maximum Gasteiger partial charge on any atom is 0.183 e. The molecule has 1 fully saturated rings. The number of benzene rings is 1. The molecule has 0 heterocycles. The SMILES string of the molecule is N#Cc1ccc(N(CCO)C2CC2)c(F)c1F. The van der Waals surface area contributed by atoms with Crippen molar-refractivity contribution in [3.63, 3.8) is 0 Å². The predicted octanol–water partition coefficient (Wildman–Crippen LogP) is 1.80. The number of rotatable bonds is 4. The number of nitriles is 1. The molecule has 17 heavy (non-hydrogen) atoms. The van der Waals surface area contributed by atoms with Crippen LogP contribution < -0.4 is 4.90 Å². The number of nitrogens with zero attached hydrogens (tertiary/aromatic N) is 2. The van der Waals surface area contributed by atoms with Gasteiger partial charge in [0.25, 0.3) is 0 Å². The van der Waals surface area contributed by atoms with Crippen LogP contribution >= 0.6 is 0 Å². The highest BCUT2D eigenvalue weighted by Crippen LogP contribution is 2.34. The van der Waals surface area contributed by atoms with E-state index in [9.17, 15) is 8.78 Å². The van der Waals surface area contributed by atoms with Crippen molar-refractivity contribution in [2.24, 2.45) is 0 Å². The van der Waals surface area contributed by atoms with Gasteiger partial charge in [0.15, 0.2) is 11.6 Å². The molecular formula is C12H12F2N2O. The number of aliphatic hydroxyl groups excluding tert-OH is 1. The summed E-state index contributed by atoms with van der Waals surface area (Å²) in [7, 11) is 0. The third-order valence-corrected chi connectivity index (χ3v) is 2.82. The fourth-order valence-electron chi connectivity index (χ4n) is 1.84. The summed E-state index contributed by atoms with van der Waals surface area (Å²) < 4.78 is 27.2. The van der Waals surface area contributed by atoms with Crippen molar-refractivity contribution in [1.82, 2.24) is 0 Å². The first-order valence-electron chi connectivity index (χ1n) is 5.44. The van der Waals surface area contributed by atoms with Crippen molar-refractivity contribution in [1.29, 1.82) is 5.26 Å². The lowest BCUT2D eigenvalue weighted by Gasteiger charge is -2.24. The zero-order valence-electron chi connectivity index (χ0n) is 9.16. The fraction of sp³-hybridized carbons (Fsp3) is 0.417. The van der Waals surface area contributed by atoms with Gasteiger partial charge in [0, 0.05) is 12.6 Å². The summed E-state index contributed by atoms with van der Waals surface area (Å²) in [6, 6.07) is 4.42. The molecule has 90 valence electrons. The topological polar surface area (TPSA) is 47.3 Å². The zero-order valence-corrected chi connectivity index (χ0v) is 9.16. The molecule has 0 bridgehead atoms. The lowest BCUT2D eigenvalue weighted by Crippen LogP contribution is -2.30. The van der Waals surface area contributed by atoms with Crippen molar-refractivity contribution >= 4 is 5.69 Å². The Bertz CT molecular complexity index is 466. The summed E-state index contributed by atoms with van der Waals surface area (Å²) in [5.41, 5.74) is -0.177. The van der Waals surface area contributed by atoms with Crippen LogP contribution in [0, 0.1) is 23.0 Å². The maximum absolute atomic E-state index is 13.8. The molecule has 0 spiro atoms. The van der Waals surface area contributed by atoms with Crippen LogP contribution in [0.3, 0.4) is 0 Å². The van der Waals surface area contributed by atoms with Crippen molar-refractivity contribution in [2.45, 2.75) is 18.9 Å². The maximum atomic E-state index is 13.8. The third-order valence-electron chi connectivity index (χ3n) is 2.82. The molecule has 1 saturated carbocycles. The average Bonchev–Trinajstić information content (AvgIpc) is 3.14. The van der Waals surface area contributed by atoms with Gasteiger partial charge in [-0.15, -0.1) is 0 Å². The molecule has 1 aliphatic carbocycles. The first-order valence-corrected chi connectivity index (χ1v) is 5.44. The second-order valence-corrected chi connectivity index (χ2v) is 4.02. The summed E-state index contributed by atoms with van der Waals surface area (Å²) in [6.45, 7) is 0.157. The molecule has 0 amide bonds. The van der Waals surface area contributed by atoms with E-state index in [2.05, 4.69) is 0 Å². The molecule has 3 nitrogen and oxygen atoms in total. The minimum Gasteiger partial charge on any atom is -0.395 e. The van der Waals surface area contributed by atoms with Gasteiger partial charge in [-0.2, -0.15) is 5.26 Å². The van der Waals surface area contributed by atoms with Gasteiger partial charge >= 0.3 is 0 Å². The number of halogens is 2. The fourth-order valence-corrected chi connectivity index (χ4v) is 1.84. The van der Waals surface area contributed by atoms with Gasteiger partial charge in [-0.3, -0.25) is 0 Å². The van der Waals surface area contributed by atoms with Crippen LogP contribution in [0.5, 0.6) is 0 Å². The monoisotopic (exact) mass is 238 g/mol. The molecule has 0 atom stereocenters. The Balaban J connectivity index is 2.37. The number of hydrogen-bond donors (Lipinski definition) is 1. The molecule has 1 aromatic carbocycles. The molecule has 1 aromatic rings. The summed E-state index contributed by atoms with van der Waals surface area (Å²) >= 11 is 0. The Kier molecular flexibility index (Phi) is 3.25. The van der Waals surface area contributed by atoms with E-state index in [1.807, 2.05) is 0 Å². The highest BCUT2D eigenvalue weighted by molar-refractivity contribution is 5.53. The molecular weight excluding hydrogens is 226 g/mol. The summed E-state index contributed by atoms with van der Waals surface area (Å²) in [6.07, 6.45) is 1.84. The number of aliphatic hydroxyl groups is 1. The van der Waals surface area contributed by atoms with E-state index >= 15 is 0 Å². The van der Waals surface area contributed by atoms with Crippen molar-refractivity contribution in [3.8, 4) is 6.07 Å². The van der Waals surface area contributed by atoms with Crippen molar-refractivity contribution < 1.29 is 13.9 Å². The molecule has 1 N–H and O–H groups in total. The van der Waals surface area contributed by atoms with Crippen LogP contribution in [0.2, 0.25) is 0 Å². The minimum absolute atomic E-state index is 0.114. The lowest BCUT2D eigenvalue weighted by molar-refractivity contribution is 0.300. The van der Waals surface area contributed by atoms with Gasteiger partial charge in [0.05, 0.1) is 17.9 Å². The van der Waals surface area contributed by atoms with Gasteiger partial charge in [-0.25, -0.2) is 8.78 Å². The molecule has 0 saturated heterocycles. The smallest absolute Gasteiger partial charge is 0.183 e. The summed E-state index contributed by atoms with van der Waals surface area (Å²) in [4.78, 5) is 1.65. The first-order chi connectivity index (χ1) is 8.19. The second kappa shape index (κ2) is 4.68. The largest absolute Gasteiger partial charge is 0.395 e. The zero-order chi connectivity index (χ0) is 12.4. The Morgan fingerprint density at radius 3 is 2.59 bits per heavy atom. The minimum atomic E-state index is -1.12. The quantitative estimate of drug-likeness (QED) is 0.870. The molecule has 0 aliphatic heterocycles. The molecule has 0 radical (unpaired) electrons. The van der Waals surface area contributed by atoms with Crippen LogP contribution in [0.4, 0.5) is 14.5 Å². The number of hydrogen-bond acceptors (Lipinski definition) is 3. The van der Waals surface area contributed by atoms with Crippen LogP contribution in [-0.4, -0.2) is 24.3 Å². The van der Waals surface area contributed by atoms with E-state index in [0.717, 1.165) is 12.8 Å². The highest BCUT2D eigenvalue weighted by atomic mass is 19.2. The van der Waals surface area contributed by atoms with Crippen molar-refractivity contribution in [2.75, 3.05) is 18.1 Å². The lowest BCUT2D eigenvalue weighted by atomic mass is 10.1. The van der Waals surface area contributed by atoms with E-state index in [-0.39, 0.29) is 30.4 Å². The highest BCUT2D eigenvalue weighted by Gasteiger charge is 2.31. The van der Waals surface area contributed by atoms with Gasteiger partial charge in [-0.1, -0.05) is 0 Å². The van der Waals surface area contributed by atoms with E-state index in [1.165, 1.54) is 12.1 Å². The van der Waals surface area contributed by atoms with Gasteiger partial charge < -0.3 is 10.0 Å². The number of anilines is 1. The molecule has 1 aliphatic rings. The summed E-state index contributed by atoms with van der Waals surface area (Å²) in [5, 5.41) is 17.5. The van der Waals surface area contributed by atoms with Crippen LogP contribution in [0.1, 0.15) is 18.4 Å². The Hall–Kier alpha value is -1.67. The normalized spacial score (nSPS) is 14.5. The van der Waals surface area contributed by atoms with Gasteiger partial charge in [0.2, 0.25) is 0 Å². The standard InChI is InChI=1S/C12H12F2N2O/c13-11-8(7-15)1-4-10(12(11)14)16(5-6-17)9-2-3-9/h1,4,9,17H,2-3,5-6H2. The predicted molar refractivity (Wildman–Crippen MR) is 58.5 cm³/mol. The third kappa shape index (κ3) is 2.22. The van der Waals surface area contributed by atoms with Crippen LogP contribution in [0.15, 0.2) is 12.1 Å². The molecule has 5 heteroatoms. The van der Waals surface area contributed by atoms with Crippen LogP contribution in [-0.2, 0) is 0 Å². The Morgan fingerprint density at radius 2 is 2.06 bits per heavy atom. The van der Waals surface area contributed by atoms with E-state index in [0.29, 0.717) is 0 Å². The second-order valence-electron chi connectivity index (χ2n) is 4.02. The van der Waals surface area contributed by atoms with Gasteiger partial charge in [-0.05, 0) is 25.0 Å².